The van der Waals surface area contributed by atoms with Crippen LogP contribution in [0.1, 0.15) is 32.6 Å². The summed E-state index contributed by atoms with van der Waals surface area (Å²) in [6.45, 7) is 2.73. The smallest absolute Gasteiger partial charge is 0.226 e. The SMILES string of the molecule is COc1ccnc(NCC2(O)CCC(C)CC2)n1. The highest BCUT2D eigenvalue weighted by atomic mass is 16.5. The number of methoxy groups -OCH3 is 1. The number of aliphatic hydroxyl groups is 1. The molecule has 1 aromatic heterocycles. The van der Waals surface area contributed by atoms with Crippen LogP contribution in [0.15, 0.2) is 12.3 Å². The minimum absolute atomic E-state index is 0.493. The molecule has 1 aliphatic rings. The van der Waals surface area contributed by atoms with Crippen molar-refractivity contribution in [3.8, 4) is 5.88 Å². The van der Waals surface area contributed by atoms with Crippen molar-refractivity contribution in [2.24, 2.45) is 5.92 Å². The van der Waals surface area contributed by atoms with Crippen molar-refractivity contribution in [1.29, 1.82) is 0 Å². The number of hydrogen-bond donors (Lipinski definition) is 2. The molecule has 0 unspecified atom stereocenters. The Bertz CT molecular complexity index is 390. The van der Waals surface area contributed by atoms with Crippen LogP contribution in [-0.4, -0.2) is 34.3 Å². The summed E-state index contributed by atoms with van der Waals surface area (Å²) in [6, 6.07) is 1.70. The Balaban J connectivity index is 1.90. The first-order valence-corrected chi connectivity index (χ1v) is 6.45. The van der Waals surface area contributed by atoms with Gasteiger partial charge in [-0.2, -0.15) is 4.98 Å². The Morgan fingerprint density at radius 3 is 2.89 bits per heavy atom. The Morgan fingerprint density at radius 1 is 1.50 bits per heavy atom. The number of ether oxygens (including phenoxy) is 1. The first kappa shape index (κ1) is 13.1. The van der Waals surface area contributed by atoms with E-state index >= 15 is 0 Å². The minimum Gasteiger partial charge on any atom is -0.481 e. The molecule has 0 radical (unpaired) electrons. The molecule has 0 aromatic carbocycles. The molecular weight excluding hydrogens is 230 g/mol. The molecule has 2 N–H and O–H groups in total. The van der Waals surface area contributed by atoms with E-state index in [9.17, 15) is 5.11 Å². The van der Waals surface area contributed by atoms with Crippen LogP contribution in [0.2, 0.25) is 0 Å². The molecule has 0 saturated heterocycles. The summed E-state index contributed by atoms with van der Waals surface area (Å²) in [7, 11) is 1.57. The zero-order chi connectivity index (χ0) is 13.0. The summed E-state index contributed by atoms with van der Waals surface area (Å²) < 4.78 is 5.03. The van der Waals surface area contributed by atoms with Gasteiger partial charge in [0.25, 0.3) is 0 Å². The van der Waals surface area contributed by atoms with Crippen molar-refractivity contribution < 1.29 is 9.84 Å². The second kappa shape index (κ2) is 5.52. The zero-order valence-corrected chi connectivity index (χ0v) is 11.0. The molecule has 1 fully saturated rings. The van der Waals surface area contributed by atoms with Crippen molar-refractivity contribution in [1.82, 2.24) is 9.97 Å². The van der Waals surface area contributed by atoms with Gasteiger partial charge in [-0.1, -0.05) is 6.92 Å². The van der Waals surface area contributed by atoms with Crippen LogP contribution in [0.5, 0.6) is 5.88 Å². The van der Waals surface area contributed by atoms with Gasteiger partial charge in [0.15, 0.2) is 0 Å². The van der Waals surface area contributed by atoms with Crippen LogP contribution < -0.4 is 10.1 Å². The Labute approximate surface area is 108 Å². The third kappa shape index (κ3) is 3.32. The van der Waals surface area contributed by atoms with Crippen LogP contribution in [0.4, 0.5) is 5.95 Å². The molecule has 0 aliphatic heterocycles. The summed E-state index contributed by atoms with van der Waals surface area (Å²) in [6.07, 6.45) is 5.48. The second-order valence-electron chi connectivity index (χ2n) is 5.18. The number of anilines is 1. The summed E-state index contributed by atoms with van der Waals surface area (Å²) in [4.78, 5) is 8.27. The quantitative estimate of drug-likeness (QED) is 0.854. The lowest BCUT2D eigenvalue weighted by atomic mass is 9.79. The predicted molar refractivity (Wildman–Crippen MR) is 69.7 cm³/mol. The molecule has 1 aromatic rings. The molecule has 18 heavy (non-hydrogen) atoms. The fraction of sp³-hybridized carbons (Fsp3) is 0.692. The maximum Gasteiger partial charge on any atom is 0.226 e. The molecule has 5 heteroatoms. The number of nitrogens with zero attached hydrogens (tertiary/aromatic N) is 2. The van der Waals surface area contributed by atoms with Gasteiger partial charge in [0.1, 0.15) is 0 Å². The number of nitrogens with one attached hydrogen (secondary N) is 1. The molecule has 100 valence electrons. The third-order valence-electron chi connectivity index (χ3n) is 3.62. The molecule has 2 rings (SSSR count). The van der Waals surface area contributed by atoms with Crippen LogP contribution in [0.3, 0.4) is 0 Å². The number of rotatable bonds is 4. The summed E-state index contributed by atoms with van der Waals surface area (Å²) in [5, 5.41) is 13.5. The van der Waals surface area contributed by atoms with Crippen molar-refractivity contribution in [2.75, 3.05) is 19.0 Å². The fourth-order valence-corrected chi connectivity index (χ4v) is 2.26. The lowest BCUT2D eigenvalue weighted by Crippen LogP contribution is -2.40. The van der Waals surface area contributed by atoms with Crippen LogP contribution in [0.25, 0.3) is 0 Å². The average molecular weight is 251 g/mol. The van der Waals surface area contributed by atoms with Crippen molar-refractivity contribution in [3.63, 3.8) is 0 Å². The van der Waals surface area contributed by atoms with Gasteiger partial charge in [-0.25, -0.2) is 4.98 Å². The molecule has 1 saturated carbocycles. The standard InChI is InChI=1S/C13H21N3O2/c1-10-3-6-13(17,7-4-10)9-15-12-14-8-5-11(16-12)18-2/h5,8,10,17H,3-4,6-7,9H2,1-2H3,(H,14,15,16). The summed E-state index contributed by atoms with van der Waals surface area (Å²) in [5.74, 6) is 1.75. The van der Waals surface area contributed by atoms with Gasteiger partial charge in [0.05, 0.1) is 12.7 Å². The van der Waals surface area contributed by atoms with Gasteiger partial charge in [-0.05, 0) is 31.6 Å². The van der Waals surface area contributed by atoms with Crippen molar-refractivity contribution >= 4 is 5.95 Å². The van der Waals surface area contributed by atoms with E-state index < -0.39 is 5.60 Å². The van der Waals surface area contributed by atoms with Crippen LogP contribution in [0, 0.1) is 5.92 Å². The lowest BCUT2D eigenvalue weighted by Gasteiger charge is -2.34. The minimum atomic E-state index is -0.626. The molecule has 0 spiro atoms. The summed E-state index contributed by atoms with van der Waals surface area (Å²) >= 11 is 0. The highest BCUT2D eigenvalue weighted by Gasteiger charge is 2.31. The monoisotopic (exact) mass is 251 g/mol. The van der Waals surface area contributed by atoms with E-state index in [4.69, 9.17) is 4.74 Å². The molecule has 5 nitrogen and oxygen atoms in total. The van der Waals surface area contributed by atoms with E-state index in [0.29, 0.717) is 18.4 Å². The van der Waals surface area contributed by atoms with Gasteiger partial charge >= 0.3 is 0 Å². The van der Waals surface area contributed by atoms with Gasteiger partial charge in [0, 0.05) is 18.8 Å². The van der Waals surface area contributed by atoms with Gasteiger partial charge < -0.3 is 15.2 Å². The topological polar surface area (TPSA) is 67.3 Å². The largest absolute Gasteiger partial charge is 0.481 e. The summed E-state index contributed by atoms with van der Waals surface area (Å²) in [5.41, 5.74) is -0.626. The molecule has 0 amide bonds. The first-order chi connectivity index (χ1) is 8.61. The van der Waals surface area contributed by atoms with Crippen LogP contribution >= 0.6 is 0 Å². The Hall–Kier alpha value is -1.36. The molecule has 0 atom stereocenters. The first-order valence-electron chi connectivity index (χ1n) is 6.45. The Kier molecular flexibility index (Phi) is 4.01. The third-order valence-corrected chi connectivity index (χ3v) is 3.62. The van der Waals surface area contributed by atoms with Gasteiger partial charge in [-0.3, -0.25) is 0 Å². The fourth-order valence-electron chi connectivity index (χ4n) is 2.26. The zero-order valence-electron chi connectivity index (χ0n) is 11.0. The predicted octanol–water partition coefficient (Wildman–Crippen LogP) is 1.84. The second-order valence-corrected chi connectivity index (χ2v) is 5.18. The van der Waals surface area contributed by atoms with E-state index in [2.05, 4.69) is 22.2 Å². The van der Waals surface area contributed by atoms with E-state index in [0.717, 1.165) is 31.6 Å². The molecule has 1 heterocycles. The van der Waals surface area contributed by atoms with E-state index in [1.54, 1.807) is 19.4 Å². The van der Waals surface area contributed by atoms with Crippen LogP contribution in [-0.2, 0) is 0 Å². The number of aromatic nitrogens is 2. The molecular formula is C13H21N3O2. The maximum atomic E-state index is 10.4. The van der Waals surface area contributed by atoms with Crippen molar-refractivity contribution in [2.45, 2.75) is 38.2 Å². The normalized spacial score (nSPS) is 27.8. The van der Waals surface area contributed by atoms with Crippen molar-refractivity contribution in [3.05, 3.63) is 12.3 Å². The Morgan fingerprint density at radius 2 is 2.22 bits per heavy atom. The van der Waals surface area contributed by atoms with E-state index in [1.165, 1.54) is 0 Å². The van der Waals surface area contributed by atoms with E-state index in [-0.39, 0.29) is 0 Å². The molecule has 1 aliphatic carbocycles. The molecule has 0 bridgehead atoms. The van der Waals surface area contributed by atoms with E-state index in [1.807, 2.05) is 0 Å². The lowest BCUT2D eigenvalue weighted by molar-refractivity contribution is 0.00486. The highest BCUT2D eigenvalue weighted by Crippen LogP contribution is 2.31. The van der Waals surface area contributed by atoms with Gasteiger partial charge in [-0.15, -0.1) is 0 Å². The highest BCUT2D eigenvalue weighted by molar-refractivity contribution is 5.28. The van der Waals surface area contributed by atoms with Gasteiger partial charge in [0.2, 0.25) is 11.8 Å². The average Bonchev–Trinajstić information content (AvgIpc) is 2.41. The number of hydrogen-bond acceptors (Lipinski definition) is 5. The maximum absolute atomic E-state index is 10.4.